The van der Waals surface area contributed by atoms with Crippen molar-refractivity contribution in [2.24, 2.45) is 0 Å². The van der Waals surface area contributed by atoms with Gasteiger partial charge in [0, 0.05) is 0 Å². The molecule has 1 unspecified atom stereocenters. The van der Waals surface area contributed by atoms with Crippen molar-refractivity contribution < 1.29 is 14.3 Å². The second-order valence-corrected chi connectivity index (χ2v) is 3.78. The van der Waals surface area contributed by atoms with Gasteiger partial charge in [-0.1, -0.05) is 44.9 Å². The fraction of sp³-hybridized carbons (Fsp3) is 0.769. The van der Waals surface area contributed by atoms with Crippen molar-refractivity contribution in [3.05, 3.63) is 0 Å². The Morgan fingerprint density at radius 3 is 2.44 bits per heavy atom. The first kappa shape index (κ1) is 14.8. The van der Waals surface area contributed by atoms with Gasteiger partial charge in [0.15, 0.2) is 6.10 Å². The predicted octanol–water partition coefficient (Wildman–Crippen LogP) is 3.52. The largest absolute Gasteiger partial charge is 0.509 e. The standard InChI is InChI=1S/C13H22O3/c1-4-6-7-8-9-10-11-12(5-2)16-13(14)15-3/h2,12H,4,6-11H2,1,3H3. The Kier molecular flexibility index (Phi) is 9.59. The third-order valence-electron chi connectivity index (χ3n) is 2.41. The third kappa shape index (κ3) is 8.16. The van der Waals surface area contributed by atoms with Crippen molar-refractivity contribution in [2.75, 3.05) is 7.11 Å². The summed E-state index contributed by atoms with van der Waals surface area (Å²) in [5, 5.41) is 0. The highest BCUT2D eigenvalue weighted by Gasteiger charge is 2.10. The first-order valence-corrected chi connectivity index (χ1v) is 5.95. The smallest absolute Gasteiger partial charge is 0.438 e. The van der Waals surface area contributed by atoms with E-state index in [4.69, 9.17) is 11.2 Å². The van der Waals surface area contributed by atoms with Crippen LogP contribution in [0.5, 0.6) is 0 Å². The van der Waals surface area contributed by atoms with E-state index in [-0.39, 0.29) is 0 Å². The van der Waals surface area contributed by atoms with Crippen LogP contribution in [0.1, 0.15) is 51.9 Å². The molecule has 16 heavy (non-hydrogen) atoms. The topological polar surface area (TPSA) is 35.5 Å². The average molecular weight is 226 g/mol. The molecule has 0 N–H and O–H groups in total. The Morgan fingerprint density at radius 2 is 1.88 bits per heavy atom. The van der Waals surface area contributed by atoms with Gasteiger partial charge in [-0.3, -0.25) is 0 Å². The molecule has 0 amide bonds. The number of carbonyl (C=O) groups excluding carboxylic acids is 1. The van der Waals surface area contributed by atoms with Crippen LogP contribution in [0.15, 0.2) is 0 Å². The molecule has 0 aromatic rings. The Bertz CT molecular complexity index is 218. The molecule has 0 aliphatic heterocycles. The Balaban J connectivity index is 3.49. The fourth-order valence-electron chi connectivity index (χ4n) is 1.45. The Morgan fingerprint density at radius 1 is 1.25 bits per heavy atom. The third-order valence-corrected chi connectivity index (χ3v) is 2.41. The molecule has 1 atom stereocenters. The van der Waals surface area contributed by atoms with E-state index in [1.165, 1.54) is 32.8 Å². The minimum absolute atomic E-state index is 0.446. The molecule has 0 aromatic carbocycles. The summed E-state index contributed by atoms with van der Waals surface area (Å²) in [7, 11) is 1.28. The highest BCUT2D eigenvalue weighted by Crippen LogP contribution is 2.10. The van der Waals surface area contributed by atoms with Crippen LogP contribution in [0.25, 0.3) is 0 Å². The van der Waals surface area contributed by atoms with Crippen molar-refractivity contribution in [3.63, 3.8) is 0 Å². The number of carbonyl (C=O) groups is 1. The Labute approximate surface area is 98.5 Å². The van der Waals surface area contributed by atoms with Gasteiger partial charge in [-0.05, 0) is 12.8 Å². The van der Waals surface area contributed by atoms with E-state index in [1.807, 2.05) is 0 Å². The van der Waals surface area contributed by atoms with Crippen molar-refractivity contribution in [1.82, 2.24) is 0 Å². The molecule has 0 bridgehead atoms. The van der Waals surface area contributed by atoms with Gasteiger partial charge < -0.3 is 9.47 Å². The van der Waals surface area contributed by atoms with Crippen LogP contribution in [0.4, 0.5) is 4.79 Å². The summed E-state index contributed by atoms with van der Waals surface area (Å²) in [6, 6.07) is 0. The van der Waals surface area contributed by atoms with Crippen LogP contribution in [0, 0.1) is 12.3 Å². The monoisotopic (exact) mass is 226 g/mol. The molecule has 0 rings (SSSR count). The number of hydrogen-bond donors (Lipinski definition) is 0. The molecular formula is C13H22O3. The molecule has 0 heterocycles. The van der Waals surface area contributed by atoms with E-state index >= 15 is 0 Å². The van der Waals surface area contributed by atoms with Crippen LogP contribution in [-0.4, -0.2) is 19.4 Å². The van der Waals surface area contributed by atoms with Crippen LogP contribution in [0.3, 0.4) is 0 Å². The van der Waals surface area contributed by atoms with Gasteiger partial charge in [0.2, 0.25) is 0 Å². The zero-order valence-corrected chi connectivity index (χ0v) is 10.3. The van der Waals surface area contributed by atoms with Crippen molar-refractivity contribution in [2.45, 2.75) is 58.0 Å². The van der Waals surface area contributed by atoms with Crippen LogP contribution >= 0.6 is 0 Å². The number of hydrogen-bond acceptors (Lipinski definition) is 3. The van der Waals surface area contributed by atoms with E-state index in [9.17, 15) is 4.79 Å². The van der Waals surface area contributed by atoms with Gasteiger partial charge in [-0.2, -0.15) is 0 Å². The summed E-state index contributed by atoms with van der Waals surface area (Å²) < 4.78 is 9.26. The lowest BCUT2D eigenvalue weighted by Crippen LogP contribution is -2.16. The molecule has 3 heteroatoms. The van der Waals surface area contributed by atoms with E-state index < -0.39 is 12.3 Å². The van der Waals surface area contributed by atoms with Crippen LogP contribution < -0.4 is 0 Å². The molecule has 0 spiro atoms. The van der Waals surface area contributed by atoms with Crippen molar-refractivity contribution in [3.8, 4) is 12.3 Å². The number of rotatable bonds is 8. The van der Waals surface area contributed by atoms with E-state index in [2.05, 4.69) is 17.6 Å². The molecule has 3 nitrogen and oxygen atoms in total. The molecular weight excluding hydrogens is 204 g/mol. The molecule has 92 valence electrons. The normalized spacial score (nSPS) is 11.6. The summed E-state index contributed by atoms with van der Waals surface area (Å²) in [5.74, 6) is 2.45. The van der Waals surface area contributed by atoms with Gasteiger partial charge >= 0.3 is 6.16 Å². The van der Waals surface area contributed by atoms with E-state index in [0.29, 0.717) is 0 Å². The quantitative estimate of drug-likeness (QED) is 0.361. The van der Waals surface area contributed by atoms with E-state index in [0.717, 1.165) is 19.3 Å². The second-order valence-electron chi connectivity index (χ2n) is 3.78. The molecule has 0 radical (unpaired) electrons. The lowest BCUT2D eigenvalue weighted by Gasteiger charge is -2.10. The van der Waals surface area contributed by atoms with Gasteiger partial charge in [0.05, 0.1) is 7.11 Å². The molecule has 0 aliphatic rings. The lowest BCUT2D eigenvalue weighted by molar-refractivity contribution is 0.0521. The minimum Gasteiger partial charge on any atom is -0.438 e. The highest BCUT2D eigenvalue weighted by molar-refractivity contribution is 5.60. The zero-order valence-electron chi connectivity index (χ0n) is 10.3. The number of methoxy groups -OCH3 is 1. The molecule has 0 fully saturated rings. The summed E-state index contributed by atoms with van der Waals surface area (Å²) in [4.78, 5) is 10.8. The first-order valence-electron chi connectivity index (χ1n) is 5.95. The number of terminal acetylenes is 1. The molecule has 0 saturated carbocycles. The van der Waals surface area contributed by atoms with Gasteiger partial charge in [0.1, 0.15) is 0 Å². The Hall–Kier alpha value is -1.17. The highest BCUT2D eigenvalue weighted by atomic mass is 16.7. The van der Waals surface area contributed by atoms with Crippen LogP contribution in [-0.2, 0) is 9.47 Å². The van der Waals surface area contributed by atoms with Gasteiger partial charge in [-0.15, -0.1) is 6.42 Å². The maximum Gasteiger partial charge on any atom is 0.509 e. The lowest BCUT2D eigenvalue weighted by atomic mass is 10.1. The van der Waals surface area contributed by atoms with Crippen molar-refractivity contribution in [1.29, 1.82) is 0 Å². The SMILES string of the molecule is C#CC(CCCCCCCC)OC(=O)OC. The van der Waals surface area contributed by atoms with E-state index in [1.54, 1.807) is 0 Å². The predicted molar refractivity (Wildman–Crippen MR) is 64.1 cm³/mol. The van der Waals surface area contributed by atoms with Gasteiger partial charge in [-0.25, -0.2) is 4.79 Å². The second kappa shape index (κ2) is 10.4. The molecule has 0 aliphatic carbocycles. The summed E-state index contributed by atoms with van der Waals surface area (Å²) in [6.45, 7) is 2.19. The van der Waals surface area contributed by atoms with Gasteiger partial charge in [0.25, 0.3) is 0 Å². The number of ether oxygens (including phenoxy) is 2. The maximum atomic E-state index is 10.8. The first-order chi connectivity index (χ1) is 7.74. The van der Waals surface area contributed by atoms with Crippen molar-refractivity contribution >= 4 is 6.16 Å². The summed E-state index contributed by atoms with van der Waals surface area (Å²) >= 11 is 0. The molecule has 0 aromatic heterocycles. The fourth-order valence-corrected chi connectivity index (χ4v) is 1.45. The number of unbranched alkanes of at least 4 members (excludes halogenated alkanes) is 5. The average Bonchev–Trinajstić information content (AvgIpc) is 2.31. The summed E-state index contributed by atoms with van der Waals surface area (Å²) in [5.41, 5.74) is 0. The minimum atomic E-state index is -0.700. The van der Waals surface area contributed by atoms with Crippen LogP contribution in [0.2, 0.25) is 0 Å². The zero-order chi connectivity index (χ0) is 12.2. The summed E-state index contributed by atoms with van der Waals surface area (Å²) in [6.07, 6.45) is 12.0. The molecule has 0 saturated heterocycles. The maximum absolute atomic E-state index is 10.8.